The Morgan fingerprint density at radius 1 is 1.69 bits per heavy atom. The highest BCUT2D eigenvalue weighted by atomic mass is 16.4. The van der Waals surface area contributed by atoms with Crippen molar-refractivity contribution in [1.29, 1.82) is 0 Å². The van der Waals surface area contributed by atoms with Gasteiger partial charge in [0.15, 0.2) is 0 Å². The minimum absolute atomic E-state index is 0.0370. The number of rotatable bonds is 3. The molecule has 13 heavy (non-hydrogen) atoms. The van der Waals surface area contributed by atoms with Crippen molar-refractivity contribution in [3.63, 3.8) is 0 Å². The number of carboxylic acid groups (broad SMARTS) is 1. The first kappa shape index (κ1) is 10.0. The predicted octanol–water partition coefficient (Wildman–Crippen LogP) is 0.479. The third-order valence-electron chi connectivity index (χ3n) is 2.33. The molecule has 1 amide bonds. The molecular weight excluding hydrogens is 170 g/mol. The average Bonchev–Trinajstić information content (AvgIpc) is 2.30. The van der Waals surface area contributed by atoms with Crippen molar-refractivity contribution in [2.75, 3.05) is 6.54 Å². The maximum absolute atomic E-state index is 11.1. The van der Waals surface area contributed by atoms with Crippen LogP contribution < -0.4 is 5.32 Å². The molecule has 1 rings (SSSR count). The number of carboxylic acids is 1. The van der Waals surface area contributed by atoms with Crippen LogP contribution >= 0.6 is 0 Å². The fraction of sp³-hybridized carbons (Fsp3) is 0.778. The fourth-order valence-corrected chi connectivity index (χ4v) is 1.81. The monoisotopic (exact) mass is 185 g/mol. The van der Waals surface area contributed by atoms with Gasteiger partial charge in [0.1, 0.15) is 5.92 Å². The largest absolute Gasteiger partial charge is 0.481 e. The molecule has 2 N–H and O–H groups in total. The molecule has 1 heterocycles. The minimum Gasteiger partial charge on any atom is -0.481 e. The Morgan fingerprint density at radius 3 is 2.77 bits per heavy atom. The molecule has 0 radical (unpaired) electrons. The van der Waals surface area contributed by atoms with E-state index in [0.717, 1.165) is 6.42 Å². The van der Waals surface area contributed by atoms with Gasteiger partial charge in [-0.25, -0.2) is 0 Å². The van der Waals surface area contributed by atoms with Gasteiger partial charge in [0.25, 0.3) is 0 Å². The number of hydrogen-bond acceptors (Lipinski definition) is 2. The van der Waals surface area contributed by atoms with Crippen LogP contribution in [0.15, 0.2) is 0 Å². The van der Waals surface area contributed by atoms with Crippen LogP contribution in [-0.4, -0.2) is 23.5 Å². The molecule has 1 saturated heterocycles. The number of amides is 1. The lowest BCUT2D eigenvalue weighted by Crippen LogP contribution is -2.27. The van der Waals surface area contributed by atoms with Gasteiger partial charge in [-0.15, -0.1) is 0 Å². The maximum atomic E-state index is 11.1. The van der Waals surface area contributed by atoms with Gasteiger partial charge in [-0.05, 0) is 18.3 Å². The molecule has 1 aliphatic rings. The zero-order chi connectivity index (χ0) is 10.0. The molecule has 0 saturated carbocycles. The fourth-order valence-electron chi connectivity index (χ4n) is 1.81. The third kappa shape index (κ3) is 2.20. The van der Waals surface area contributed by atoms with Gasteiger partial charge in [-0.3, -0.25) is 9.59 Å². The molecule has 0 bridgehead atoms. The second kappa shape index (κ2) is 3.77. The molecule has 0 spiro atoms. The molecule has 1 fully saturated rings. The summed E-state index contributed by atoms with van der Waals surface area (Å²) in [6.45, 7) is 4.57. The summed E-state index contributed by atoms with van der Waals surface area (Å²) in [4.78, 5) is 21.9. The summed E-state index contributed by atoms with van der Waals surface area (Å²) in [5.74, 6) is -1.77. The van der Waals surface area contributed by atoms with Crippen LogP contribution in [0.1, 0.15) is 20.3 Å². The SMILES string of the molecule is CC(C)CC1CNC(=O)[C@H]1C(=O)O. The van der Waals surface area contributed by atoms with Crippen LogP contribution in [-0.2, 0) is 9.59 Å². The van der Waals surface area contributed by atoms with E-state index < -0.39 is 11.9 Å². The van der Waals surface area contributed by atoms with Crippen LogP contribution in [0.5, 0.6) is 0 Å². The smallest absolute Gasteiger partial charge is 0.316 e. The molecule has 0 aromatic rings. The minimum atomic E-state index is -0.999. The molecule has 1 unspecified atom stereocenters. The number of aliphatic carboxylic acids is 1. The molecule has 2 atom stereocenters. The second-order valence-corrected chi connectivity index (χ2v) is 3.95. The topological polar surface area (TPSA) is 66.4 Å². The van der Waals surface area contributed by atoms with E-state index in [-0.39, 0.29) is 11.8 Å². The first-order valence-electron chi connectivity index (χ1n) is 4.53. The first-order valence-corrected chi connectivity index (χ1v) is 4.53. The van der Waals surface area contributed by atoms with Gasteiger partial charge in [-0.1, -0.05) is 13.8 Å². The van der Waals surface area contributed by atoms with Crippen molar-refractivity contribution >= 4 is 11.9 Å². The van der Waals surface area contributed by atoms with Crippen molar-refractivity contribution in [2.24, 2.45) is 17.8 Å². The second-order valence-electron chi connectivity index (χ2n) is 3.95. The van der Waals surface area contributed by atoms with Crippen LogP contribution in [0.2, 0.25) is 0 Å². The van der Waals surface area contributed by atoms with Crippen molar-refractivity contribution in [3.8, 4) is 0 Å². The highest BCUT2D eigenvalue weighted by Crippen LogP contribution is 2.24. The van der Waals surface area contributed by atoms with E-state index in [9.17, 15) is 9.59 Å². The van der Waals surface area contributed by atoms with Crippen LogP contribution in [0.25, 0.3) is 0 Å². The lowest BCUT2D eigenvalue weighted by molar-refractivity contribution is -0.146. The summed E-state index contributed by atoms with van der Waals surface area (Å²) < 4.78 is 0. The number of carbonyl (C=O) groups excluding carboxylic acids is 1. The van der Waals surface area contributed by atoms with Gasteiger partial charge >= 0.3 is 5.97 Å². The van der Waals surface area contributed by atoms with Crippen molar-refractivity contribution in [3.05, 3.63) is 0 Å². The van der Waals surface area contributed by atoms with Gasteiger partial charge in [0.2, 0.25) is 5.91 Å². The normalized spacial score (nSPS) is 27.8. The van der Waals surface area contributed by atoms with E-state index >= 15 is 0 Å². The van der Waals surface area contributed by atoms with Crippen LogP contribution in [0.3, 0.4) is 0 Å². The molecule has 0 aromatic heterocycles. The molecule has 4 heteroatoms. The predicted molar refractivity (Wildman–Crippen MR) is 47.1 cm³/mol. The summed E-state index contributed by atoms with van der Waals surface area (Å²) in [7, 11) is 0. The molecule has 0 aromatic carbocycles. The van der Waals surface area contributed by atoms with E-state index in [1.54, 1.807) is 0 Å². The highest BCUT2D eigenvalue weighted by molar-refractivity contribution is 5.98. The summed E-state index contributed by atoms with van der Waals surface area (Å²) in [5, 5.41) is 11.4. The van der Waals surface area contributed by atoms with E-state index in [1.165, 1.54) is 0 Å². The van der Waals surface area contributed by atoms with E-state index in [1.807, 2.05) is 13.8 Å². The lowest BCUT2D eigenvalue weighted by Gasteiger charge is -2.14. The average molecular weight is 185 g/mol. The molecule has 4 nitrogen and oxygen atoms in total. The van der Waals surface area contributed by atoms with Crippen molar-refractivity contribution < 1.29 is 14.7 Å². The van der Waals surface area contributed by atoms with Gasteiger partial charge in [0.05, 0.1) is 0 Å². The molecule has 1 aliphatic heterocycles. The summed E-state index contributed by atoms with van der Waals surface area (Å²) in [5.41, 5.74) is 0. The zero-order valence-corrected chi connectivity index (χ0v) is 7.91. The van der Waals surface area contributed by atoms with Crippen LogP contribution in [0, 0.1) is 17.8 Å². The summed E-state index contributed by atoms with van der Waals surface area (Å²) in [6.07, 6.45) is 0.787. The Kier molecular flexibility index (Phi) is 2.90. The van der Waals surface area contributed by atoms with Gasteiger partial charge < -0.3 is 10.4 Å². The van der Waals surface area contributed by atoms with Crippen molar-refractivity contribution in [1.82, 2.24) is 5.32 Å². The van der Waals surface area contributed by atoms with E-state index in [2.05, 4.69) is 5.32 Å². The third-order valence-corrected chi connectivity index (χ3v) is 2.33. The highest BCUT2D eigenvalue weighted by Gasteiger charge is 2.40. The van der Waals surface area contributed by atoms with Crippen molar-refractivity contribution in [2.45, 2.75) is 20.3 Å². The summed E-state index contributed by atoms with van der Waals surface area (Å²) >= 11 is 0. The number of carbonyl (C=O) groups is 2. The summed E-state index contributed by atoms with van der Waals surface area (Å²) in [6, 6.07) is 0. The Balaban J connectivity index is 2.64. The Bertz CT molecular complexity index is 225. The Labute approximate surface area is 77.3 Å². The van der Waals surface area contributed by atoms with Gasteiger partial charge in [-0.2, -0.15) is 0 Å². The Hall–Kier alpha value is -1.06. The maximum Gasteiger partial charge on any atom is 0.316 e. The quantitative estimate of drug-likeness (QED) is 0.628. The Morgan fingerprint density at radius 2 is 2.31 bits per heavy atom. The van der Waals surface area contributed by atoms with Crippen LogP contribution in [0.4, 0.5) is 0 Å². The molecular formula is C9H15NO3. The van der Waals surface area contributed by atoms with Gasteiger partial charge in [0, 0.05) is 6.54 Å². The number of hydrogen-bond donors (Lipinski definition) is 2. The van der Waals surface area contributed by atoms with E-state index in [4.69, 9.17) is 5.11 Å². The van der Waals surface area contributed by atoms with E-state index in [0.29, 0.717) is 12.5 Å². The zero-order valence-electron chi connectivity index (χ0n) is 7.91. The first-order chi connectivity index (χ1) is 6.02. The standard InChI is InChI=1S/C9H15NO3/c1-5(2)3-6-4-10-8(11)7(6)9(12)13/h5-7H,3-4H2,1-2H3,(H,10,11)(H,12,13)/t6?,7-/m0/s1. The number of nitrogens with one attached hydrogen (secondary N) is 1. The lowest BCUT2D eigenvalue weighted by atomic mass is 9.88. The molecule has 74 valence electrons. The molecule has 0 aliphatic carbocycles.